The second-order valence-electron chi connectivity index (χ2n) is 11.8. The number of carbonyl (C=O) groups excluding carboxylic acids is 2. The van der Waals surface area contributed by atoms with Crippen molar-refractivity contribution in [2.24, 2.45) is 14.1 Å². The van der Waals surface area contributed by atoms with Crippen LogP contribution in [0.1, 0.15) is 59.5 Å². The monoisotopic (exact) mass is 645 g/mol. The highest BCUT2D eigenvalue weighted by molar-refractivity contribution is 6.36. The van der Waals surface area contributed by atoms with Crippen LogP contribution in [0.4, 0.5) is 10.1 Å². The van der Waals surface area contributed by atoms with E-state index in [1.54, 1.807) is 43.5 Å². The number of aryl methyl sites for hydroxylation is 2. The standard InChI is InChI=1S/C34H33ClFN5O5/c1-40-17-24(33(44)41(2)34(40)45)31(43)38-25-9-5-6-21(29(25)35)22-7-4-8-23(30(22)36)26-16-19-11-10-18(28(19)32(39-26)46-3)12-13-20-14-15-27(42)37-20/h4-9,16-18,20H,10-15H2,1-3H3,(H,37,42)(H,38,43)/t18-,20+/m0/s1. The van der Waals surface area contributed by atoms with Crippen molar-refractivity contribution in [1.82, 2.24) is 19.4 Å². The highest BCUT2D eigenvalue weighted by atomic mass is 35.5. The van der Waals surface area contributed by atoms with Gasteiger partial charge in [0.25, 0.3) is 11.5 Å². The molecule has 2 amide bonds. The lowest BCUT2D eigenvalue weighted by molar-refractivity contribution is -0.119. The summed E-state index contributed by atoms with van der Waals surface area (Å²) in [7, 11) is 4.29. The van der Waals surface area contributed by atoms with Gasteiger partial charge in [-0.2, -0.15) is 0 Å². The largest absolute Gasteiger partial charge is 0.481 e. The van der Waals surface area contributed by atoms with Crippen LogP contribution in [-0.2, 0) is 25.3 Å². The van der Waals surface area contributed by atoms with E-state index in [1.807, 2.05) is 6.07 Å². The van der Waals surface area contributed by atoms with Gasteiger partial charge < -0.3 is 19.9 Å². The third kappa shape index (κ3) is 5.71. The molecule has 12 heteroatoms. The number of rotatable bonds is 8. The van der Waals surface area contributed by atoms with Gasteiger partial charge in [0, 0.05) is 55.0 Å². The van der Waals surface area contributed by atoms with E-state index in [-0.39, 0.29) is 45.3 Å². The Morgan fingerprint density at radius 1 is 1.07 bits per heavy atom. The number of halogens is 2. The number of nitrogens with one attached hydrogen (secondary N) is 2. The summed E-state index contributed by atoms with van der Waals surface area (Å²) in [6, 6.07) is 11.9. The number of pyridine rings is 1. The topological polar surface area (TPSA) is 124 Å². The van der Waals surface area contributed by atoms with Gasteiger partial charge in [-0.25, -0.2) is 14.2 Å². The summed E-state index contributed by atoms with van der Waals surface area (Å²) in [6.45, 7) is 0. The van der Waals surface area contributed by atoms with Crippen LogP contribution in [0.2, 0.25) is 5.02 Å². The number of amides is 2. The van der Waals surface area contributed by atoms with Crippen LogP contribution in [0, 0.1) is 5.82 Å². The van der Waals surface area contributed by atoms with Crippen molar-refractivity contribution < 1.29 is 18.7 Å². The smallest absolute Gasteiger partial charge is 0.330 e. The normalized spacial score (nSPS) is 17.1. The number of aromatic nitrogens is 3. The van der Waals surface area contributed by atoms with Gasteiger partial charge in [0.1, 0.15) is 11.4 Å². The lowest BCUT2D eigenvalue weighted by Crippen LogP contribution is -2.40. The minimum atomic E-state index is -0.759. The van der Waals surface area contributed by atoms with Crippen LogP contribution >= 0.6 is 11.6 Å². The fraction of sp³-hybridized carbons (Fsp3) is 0.324. The van der Waals surface area contributed by atoms with E-state index in [0.29, 0.717) is 23.6 Å². The Hall–Kier alpha value is -4.77. The average Bonchev–Trinajstić information content (AvgIpc) is 3.66. The summed E-state index contributed by atoms with van der Waals surface area (Å²) in [5, 5.41) is 5.74. The first-order valence-corrected chi connectivity index (χ1v) is 15.5. The molecule has 0 saturated carbocycles. The maximum Gasteiger partial charge on any atom is 0.330 e. The summed E-state index contributed by atoms with van der Waals surface area (Å²) < 4.78 is 24.0. The van der Waals surface area contributed by atoms with Crippen molar-refractivity contribution in [3.8, 4) is 28.3 Å². The molecule has 2 atom stereocenters. The molecule has 0 spiro atoms. The molecule has 2 N–H and O–H groups in total. The van der Waals surface area contributed by atoms with Crippen molar-refractivity contribution in [3.63, 3.8) is 0 Å². The molecule has 1 aliphatic carbocycles. The van der Waals surface area contributed by atoms with Crippen LogP contribution in [-0.4, -0.2) is 39.1 Å². The lowest BCUT2D eigenvalue weighted by atomic mass is 9.93. The molecule has 10 nitrogen and oxygen atoms in total. The molecule has 238 valence electrons. The van der Waals surface area contributed by atoms with Gasteiger partial charge >= 0.3 is 5.69 Å². The zero-order valence-corrected chi connectivity index (χ0v) is 26.4. The van der Waals surface area contributed by atoms with E-state index in [9.17, 15) is 19.2 Å². The predicted molar refractivity (Wildman–Crippen MR) is 173 cm³/mol. The number of hydrogen-bond acceptors (Lipinski definition) is 6. The molecule has 0 unspecified atom stereocenters. The molecular formula is C34H33ClFN5O5. The average molecular weight is 646 g/mol. The third-order valence-corrected chi connectivity index (χ3v) is 9.33. The van der Waals surface area contributed by atoms with Gasteiger partial charge in [0.05, 0.1) is 23.5 Å². The Morgan fingerprint density at radius 3 is 2.54 bits per heavy atom. The fourth-order valence-corrected chi connectivity index (χ4v) is 6.78. The lowest BCUT2D eigenvalue weighted by Gasteiger charge is -2.18. The Morgan fingerprint density at radius 2 is 1.80 bits per heavy atom. The highest BCUT2D eigenvalue weighted by Crippen LogP contribution is 2.44. The number of fused-ring (bicyclic) bond motifs is 1. The second kappa shape index (κ2) is 12.6. The van der Waals surface area contributed by atoms with E-state index >= 15 is 4.39 Å². The van der Waals surface area contributed by atoms with E-state index in [0.717, 1.165) is 58.6 Å². The Kier molecular flexibility index (Phi) is 8.52. The summed E-state index contributed by atoms with van der Waals surface area (Å²) in [4.78, 5) is 54.0. The first-order valence-electron chi connectivity index (χ1n) is 15.1. The molecular weight excluding hydrogens is 613 g/mol. The molecule has 4 aromatic rings. The van der Waals surface area contributed by atoms with Gasteiger partial charge in [-0.1, -0.05) is 35.9 Å². The van der Waals surface area contributed by atoms with Crippen molar-refractivity contribution in [3.05, 3.63) is 97.0 Å². The fourth-order valence-electron chi connectivity index (χ4n) is 6.51. The molecule has 1 aliphatic heterocycles. The molecule has 1 fully saturated rings. The van der Waals surface area contributed by atoms with Gasteiger partial charge in [0.2, 0.25) is 11.8 Å². The first-order chi connectivity index (χ1) is 22.1. The summed E-state index contributed by atoms with van der Waals surface area (Å²) in [5.41, 5.74) is 1.97. The summed E-state index contributed by atoms with van der Waals surface area (Å²) in [6.07, 6.45) is 6.14. The maximum absolute atomic E-state index is 16.3. The highest BCUT2D eigenvalue weighted by Gasteiger charge is 2.31. The van der Waals surface area contributed by atoms with E-state index in [1.165, 1.54) is 14.1 Å². The van der Waals surface area contributed by atoms with E-state index < -0.39 is 23.0 Å². The SMILES string of the molecule is COc1nc(-c2cccc(-c3cccc(NC(=O)c4cn(C)c(=O)n(C)c4=O)c3Cl)c2F)cc2c1[C@H](CC[C@@H]1CCC(=O)N1)CC2. The first kappa shape index (κ1) is 31.2. The number of benzene rings is 2. The Balaban J connectivity index is 1.29. The molecule has 0 radical (unpaired) electrons. The molecule has 2 aromatic heterocycles. The zero-order valence-electron chi connectivity index (χ0n) is 25.7. The number of methoxy groups -OCH3 is 1. The van der Waals surface area contributed by atoms with Gasteiger partial charge in [-0.3, -0.25) is 19.0 Å². The number of anilines is 1. The number of hydrogen-bond donors (Lipinski definition) is 2. The van der Waals surface area contributed by atoms with Crippen molar-refractivity contribution in [2.75, 3.05) is 12.4 Å². The van der Waals surface area contributed by atoms with Crippen LogP contribution in [0.25, 0.3) is 22.4 Å². The zero-order chi connectivity index (χ0) is 32.7. The number of carbonyl (C=O) groups is 2. The maximum atomic E-state index is 16.3. The van der Waals surface area contributed by atoms with E-state index in [4.69, 9.17) is 21.3 Å². The molecule has 46 heavy (non-hydrogen) atoms. The third-order valence-electron chi connectivity index (χ3n) is 8.92. The van der Waals surface area contributed by atoms with Crippen molar-refractivity contribution in [2.45, 2.75) is 50.5 Å². The number of nitrogens with zero attached hydrogens (tertiary/aromatic N) is 3. The van der Waals surface area contributed by atoms with E-state index in [2.05, 4.69) is 10.6 Å². The summed E-state index contributed by atoms with van der Waals surface area (Å²) in [5.74, 6) is -0.470. The minimum Gasteiger partial charge on any atom is -0.481 e. The Bertz CT molecular complexity index is 2010. The van der Waals surface area contributed by atoms with Crippen molar-refractivity contribution >= 4 is 29.1 Å². The second-order valence-corrected chi connectivity index (χ2v) is 12.2. The molecule has 2 aromatic carbocycles. The van der Waals surface area contributed by atoms with Gasteiger partial charge in [0.15, 0.2) is 0 Å². The molecule has 3 heterocycles. The van der Waals surface area contributed by atoms with Gasteiger partial charge in [-0.15, -0.1) is 0 Å². The van der Waals surface area contributed by atoms with Crippen LogP contribution < -0.4 is 26.6 Å². The van der Waals surface area contributed by atoms with Gasteiger partial charge in [-0.05, 0) is 61.8 Å². The molecule has 1 saturated heterocycles. The molecule has 0 bridgehead atoms. The Labute approximate surface area is 269 Å². The van der Waals surface area contributed by atoms with Crippen LogP contribution in [0.3, 0.4) is 0 Å². The number of ether oxygens (including phenoxy) is 1. The predicted octanol–water partition coefficient (Wildman–Crippen LogP) is 4.96. The minimum absolute atomic E-state index is 0.0781. The molecule has 6 rings (SSSR count). The quantitative estimate of drug-likeness (QED) is 0.279. The molecule has 2 aliphatic rings. The van der Waals surface area contributed by atoms with Crippen LogP contribution in [0.5, 0.6) is 5.88 Å². The summed E-state index contributed by atoms with van der Waals surface area (Å²) >= 11 is 6.72. The van der Waals surface area contributed by atoms with Crippen LogP contribution in [0.15, 0.2) is 58.3 Å². The van der Waals surface area contributed by atoms with Crippen molar-refractivity contribution in [1.29, 1.82) is 0 Å².